The van der Waals surface area contributed by atoms with E-state index in [0.29, 0.717) is 0 Å². The second-order valence-corrected chi connectivity index (χ2v) is 4.04. The van der Waals surface area contributed by atoms with Crippen molar-refractivity contribution in [1.82, 2.24) is 9.88 Å². The van der Waals surface area contributed by atoms with Crippen LogP contribution >= 0.6 is 0 Å². The largest absolute Gasteiger partial charge is 0.416 e. The number of carbonyl (C=O) groups excluding carboxylic acids is 1. The van der Waals surface area contributed by atoms with Crippen LogP contribution in [-0.4, -0.2) is 33.9 Å². The van der Waals surface area contributed by atoms with Crippen molar-refractivity contribution in [2.75, 3.05) is 0 Å². The van der Waals surface area contributed by atoms with Crippen molar-refractivity contribution in [3.8, 4) is 0 Å². The van der Waals surface area contributed by atoms with Crippen LogP contribution in [0.4, 0.5) is 13.2 Å². The van der Waals surface area contributed by atoms with Crippen LogP contribution in [0.5, 0.6) is 0 Å². The summed E-state index contributed by atoms with van der Waals surface area (Å²) in [6.45, 7) is 1.46. The van der Waals surface area contributed by atoms with E-state index >= 15 is 0 Å². The molecule has 2 atom stereocenters. The molecule has 0 aliphatic rings. The molecule has 0 aromatic carbocycles. The molecule has 0 aliphatic carbocycles. The first-order valence-electron chi connectivity index (χ1n) is 5.43. The van der Waals surface area contributed by atoms with Gasteiger partial charge in [0, 0.05) is 19.4 Å². The maximum absolute atomic E-state index is 12.3. The summed E-state index contributed by atoms with van der Waals surface area (Å²) in [7, 11) is 1.69. The van der Waals surface area contributed by atoms with Gasteiger partial charge in [0.1, 0.15) is 0 Å². The van der Waals surface area contributed by atoms with E-state index in [0.717, 1.165) is 0 Å². The first-order valence-corrected chi connectivity index (χ1v) is 5.43. The average molecular weight is 264 g/mol. The summed E-state index contributed by atoms with van der Waals surface area (Å²) in [5, 5.41) is 11.3. The third-order valence-corrected chi connectivity index (χ3v) is 2.57. The van der Waals surface area contributed by atoms with Gasteiger partial charge in [-0.15, -0.1) is 0 Å². The first-order chi connectivity index (χ1) is 8.25. The normalized spacial score (nSPS) is 15.2. The number of aromatic nitrogens is 1. The SMILES string of the molecule is CCC(NC(=O)c1ccn(C)c1)C(O)C(F)(F)F. The van der Waals surface area contributed by atoms with Crippen LogP contribution in [0, 0.1) is 0 Å². The fourth-order valence-corrected chi connectivity index (χ4v) is 1.52. The molecule has 0 bridgehead atoms. The second kappa shape index (κ2) is 5.43. The molecule has 1 heterocycles. The molecular formula is C11H15F3N2O2. The van der Waals surface area contributed by atoms with Crippen molar-refractivity contribution in [2.45, 2.75) is 31.7 Å². The van der Waals surface area contributed by atoms with Crippen LogP contribution in [0.15, 0.2) is 18.5 Å². The molecule has 0 spiro atoms. The van der Waals surface area contributed by atoms with E-state index in [1.54, 1.807) is 17.8 Å². The minimum absolute atomic E-state index is 0.0146. The van der Waals surface area contributed by atoms with Gasteiger partial charge in [-0.25, -0.2) is 0 Å². The van der Waals surface area contributed by atoms with Gasteiger partial charge in [0.15, 0.2) is 6.10 Å². The van der Waals surface area contributed by atoms with Crippen molar-refractivity contribution in [3.05, 3.63) is 24.0 Å². The number of halogens is 3. The molecule has 2 N–H and O–H groups in total. The van der Waals surface area contributed by atoms with Gasteiger partial charge < -0.3 is 15.0 Å². The standard InChI is InChI=1S/C11H15F3N2O2/c1-3-8(9(17)11(12,13)14)15-10(18)7-4-5-16(2)6-7/h4-6,8-9,17H,3H2,1-2H3,(H,15,18). The number of rotatable bonds is 4. The molecule has 18 heavy (non-hydrogen) atoms. The Hall–Kier alpha value is -1.50. The molecule has 0 fully saturated rings. The summed E-state index contributed by atoms with van der Waals surface area (Å²) in [5.74, 6) is -0.634. The van der Waals surface area contributed by atoms with E-state index in [2.05, 4.69) is 5.32 Å². The number of aliphatic hydroxyl groups excluding tert-OH is 1. The van der Waals surface area contributed by atoms with Crippen molar-refractivity contribution >= 4 is 5.91 Å². The summed E-state index contributed by atoms with van der Waals surface area (Å²) in [4.78, 5) is 11.7. The lowest BCUT2D eigenvalue weighted by Crippen LogP contribution is -2.49. The Morgan fingerprint density at radius 2 is 2.17 bits per heavy atom. The highest BCUT2D eigenvalue weighted by Gasteiger charge is 2.43. The molecule has 4 nitrogen and oxygen atoms in total. The van der Waals surface area contributed by atoms with Gasteiger partial charge in [0.05, 0.1) is 11.6 Å². The minimum atomic E-state index is -4.75. The topological polar surface area (TPSA) is 54.3 Å². The van der Waals surface area contributed by atoms with E-state index < -0.39 is 24.2 Å². The van der Waals surface area contributed by atoms with Gasteiger partial charge in [-0.1, -0.05) is 6.92 Å². The summed E-state index contributed by atoms with van der Waals surface area (Å²) in [6, 6.07) is 0.139. The van der Waals surface area contributed by atoms with E-state index in [4.69, 9.17) is 5.11 Å². The molecular weight excluding hydrogens is 249 g/mol. The van der Waals surface area contributed by atoms with E-state index in [9.17, 15) is 18.0 Å². The third kappa shape index (κ3) is 3.49. The quantitative estimate of drug-likeness (QED) is 0.865. The lowest BCUT2D eigenvalue weighted by molar-refractivity contribution is -0.211. The molecule has 1 rings (SSSR count). The van der Waals surface area contributed by atoms with Gasteiger partial charge in [0.2, 0.25) is 0 Å². The highest BCUT2D eigenvalue weighted by Crippen LogP contribution is 2.23. The number of amides is 1. The number of carbonyl (C=O) groups is 1. The Labute approximate surface area is 102 Å². The average Bonchev–Trinajstić information content (AvgIpc) is 2.70. The van der Waals surface area contributed by atoms with Gasteiger partial charge in [0.25, 0.3) is 5.91 Å². The molecule has 1 aromatic heterocycles. The number of hydrogen-bond acceptors (Lipinski definition) is 2. The summed E-state index contributed by atoms with van der Waals surface area (Å²) in [6.07, 6.45) is -4.22. The molecule has 0 radical (unpaired) electrons. The van der Waals surface area contributed by atoms with Crippen molar-refractivity contribution in [2.24, 2.45) is 7.05 Å². The predicted octanol–water partition coefficient (Wildman–Crippen LogP) is 1.46. The Balaban J connectivity index is 2.72. The molecule has 0 saturated carbocycles. The molecule has 0 aliphatic heterocycles. The fraction of sp³-hybridized carbons (Fsp3) is 0.545. The zero-order chi connectivity index (χ0) is 13.9. The Kier molecular flexibility index (Phi) is 4.39. The molecule has 1 aromatic rings. The van der Waals surface area contributed by atoms with Crippen LogP contribution in [0.2, 0.25) is 0 Å². The van der Waals surface area contributed by atoms with Crippen molar-refractivity contribution in [3.63, 3.8) is 0 Å². The third-order valence-electron chi connectivity index (χ3n) is 2.57. The Morgan fingerprint density at radius 1 is 1.56 bits per heavy atom. The smallest absolute Gasteiger partial charge is 0.382 e. The van der Waals surface area contributed by atoms with E-state index in [-0.39, 0.29) is 12.0 Å². The van der Waals surface area contributed by atoms with Gasteiger partial charge >= 0.3 is 6.18 Å². The zero-order valence-corrected chi connectivity index (χ0v) is 10.0. The first kappa shape index (κ1) is 14.6. The lowest BCUT2D eigenvalue weighted by atomic mass is 10.1. The predicted molar refractivity (Wildman–Crippen MR) is 59.0 cm³/mol. The molecule has 2 unspecified atom stereocenters. The summed E-state index contributed by atoms with van der Waals surface area (Å²) in [5.41, 5.74) is 0.255. The van der Waals surface area contributed by atoms with Crippen LogP contribution < -0.4 is 5.32 Å². The monoisotopic (exact) mass is 264 g/mol. The van der Waals surface area contributed by atoms with E-state index in [1.165, 1.54) is 19.2 Å². The van der Waals surface area contributed by atoms with Crippen LogP contribution in [0.3, 0.4) is 0 Å². The maximum Gasteiger partial charge on any atom is 0.416 e. The zero-order valence-electron chi connectivity index (χ0n) is 10.0. The highest BCUT2D eigenvalue weighted by atomic mass is 19.4. The molecule has 0 saturated heterocycles. The lowest BCUT2D eigenvalue weighted by Gasteiger charge is -2.24. The van der Waals surface area contributed by atoms with Gasteiger partial charge in [-0.2, -0.15) is 13.2 Å². The number of alkyl halides is 3. The van der Waals surface area contributed by atoms with Crippen molar-refractivity contribution < 1.29 is 23.1 Å². The molecule has 102 valence electrons. The fourth-order valence-electron chi connectivity index (χ4n) is 1.52. The van der Waals surface area contributed by atoms with Gasteiger partial charge in [-0.05, 0) is 12.5 Å². The number of nitrogens with one attached hydrogen (secondary N) is 1. The van der Waals surface area contributed by atoms with Crippen molar-refractivity contribution in [1.29, 1.82) is 0 Å². The number of aryl methyl sites for hydroxylation is 1. The number of aliphatic hydroxyl groups is 1. The summed E-state index contributed by atoms with van der Waals surface area (Å²) >= 11 is 0. The molecule has 7 heteroatoms. The molecule has 1 amide bonds. The van der Waals surface area contributed by atoms with Crippen LogP contribution in [0.25, 0.3) is 0 Å². The minimum Gasteiger partial charge on any atom is -0.382 e. The van der Waals surface area contributed by atoms with Crippen LogP contribution in [-0.2, 0) is 7.05 Å². The van der Waals surface area contributed by atoms with Gasteiger partial charge in [-0.3, -0.25) is 4.79 Å². The number of hydrogen-bond donors (Lipinski definition) is 2. The maximum atomic E-state index is 12.3. The summed E-state index contributed by atoms with van der Waals surface area (Å²) < 4.78 is 38.6. The van der Waals surface area contributed by atoms with E-state index in [1.807, 2.05) is 0 Å². The number of nitrogens with zero attached hydrogens (tertiary/aromatic N) is 1. The second-order valence-electron chi connectivity index (χ2n) is 4.04. The Bertz CT molecular complexity index is 415. The highest BCUT2D eigenvalue weighted by molar-refractivity contribution is 5.94. The Morgan fingerprint density at radius 3 is 2.56 bits per heavy atom. The van der Waals surface area contributed by atoms with Crippen LogP contribution in [0.1, 0.15) is 23.7 Å².